The average molecular weight is 886 g/mol. The van der Waals surface area contributed by atoms with Gasteiger partial charge in [-0.25, -0.2) is 0 Å². The van der Waals surface area contributed by atoms with Crippen LogP contribution in [0.25, 0.3) is 28.9 Å². The Balaban J connectivity index is 0.961. The molecule has 0 N–H and O–H groups in total. The van der Waals surface area contributed by atoms with Gasteiger partial charge >= 0.3 is 0 Å². The van der Waals surface area contributed by atoms with Gasteiger partial charge in [-0.2, -0.15) is 0 Å². The van der Waals surface area contributed by atoms with Crippen LogP contribution in [0.15, 0.2) is 247 Å². The first-order valence-corrected chi connectivity index (χ1v) is 24.7. The van der Waals surface area contributed by atoms with Gasteiger partial charge in [0.1, 0.15) is 0 Å². The molecule has 65 heavy (non-hydrogen) atoms. The van der Waals surface area contributed by atoms with Gasteiger partial charge in [0.05, 0.1) is 0 Å². The molecule has 0 fully saturated rings. The van der Waals surface area contributed by atoms with Gasteiger partial charge in [-0.3, -0.25) is 0 Å². The van der Waals surface area contributed by atoms with Crippen molar-refractivity contribution in [1.29, 1.82) is 0 Å². The van der Waals surface area contributed by atoms with Gasteiger partial charge in [0, 0.05) is 46.4 Å². The number of hydrogen-bond donors (Lipinski definition) is 0. The van der Waals surface area contributed by atoms with E-state index in [9.17, 15) is 0 Å². The zero-order chi connectivity index (χ0) is 43.3. The fourth-order valence-corrected chi connectivity index (χ4v) is 12.8. The Hall–Kier alpha value is -6.69. The number of fused-ring (bicyclic) bond motifs is 5. The average Bonchev–Trinajstić information content (AvgIpc) is 3.73. The predicted octanol–water partition coefficient (Wildman–Crippen LogP) is 17.7. The summed E-state index contributed by atoms with van der Waals surface area (Å²) >= 11 is 5.63. The fraction of sp³-hybridized carbons (Fsp3) is 0.0492. The van der Waals surface area contributed by atoms with E-state index < -0.39 is 0 Å². The lowest BCUT2D eigenvalue weighted by Gasteiger charge is -2.26. The Morgan fingerprint density at radius 3 is 1.20 bits per heavy atom. The summed E-state index contributed by atoms with van der Waals surface area (Å²) in [4.78, 5) is 10.3. The molecule has 12 rings (SSSR count). The van der Waals surface area contributed by atoms with Gasteiger partial charge in [0.2, 0.25) is 0 Å². The van der Waals surface area contributed by atoms with Crippen LogP contribution in [0.4, 0.5) is 17.1 Å². The number of hydrogen-bond acceptors (Lipinski definition) is 4. The highest BCUT2D eigenvalue weighted by atomic mass is 32.2. The van der Waals surface area contributed by atoms with Gasteiger partial charge in [-0.1, -0.05) is 182 Å². The summed E-state index contributed by atoms with van der Waals surface area (Å²) in [7, 11) is 0. The summed E-state index contributed by atoms with van der Waals surface area (Å²) in [6.45, 7) is 2.35. The summed E-state index contributed by atoms with van der Waals surface area (Å²) in [6.07, 6.45) is 12.9. The predicted molar refractivity (Wildman–Crippen MR) is 278 cm³/mol. The first kappa shape index (κ1) is 39.9. The number of anilines is 3. The van der Waals surface area contributed by atoms with Crippen molar-refractivity contribution >= 4 is 81.2 Å². The number of rotatable bonds is 6. The molecule has 0 aromatic heterocycles. The van der Waals surface area contributed by atoms with E-state index in [2.05, 4.69) is 236 Å². The maximum Gasteiger partial charge on any atom is 0.0462 e. The van der Waals surface area contributed by atoms with E-state index in [0.29, 0.717) is 5.92 Å². The lowest BCUT2D eigenvalue weighted by Crippen LogP contribution is -2.10. The Bertz CT molecular complexity index is 3160. The van der Waals surface area contributed by atoms with E-state index >= 15 is 0 Å². The molecule has 8 aromatic carbocycles. The van der Waals surface area contributed by atoms with Crippen LogP contribution in [0.5, 0.6) is 0 Å². The number of allylic oxidation sites excluding steroid dienone is 5. The summed E-state index contributed by atoms with van der Waals surface area (Å²) in [5, 5.41) is 0. The molecule has 3 aliphatic heterocycles. The molecule has 0 bridgehead atoms. The Kier molecular flexibility index (Phi) is 10.4. The molecule has 0 radical (unpaired) electrons. The van der Waals surface area contributed by atoms with Crippen molar-refractivity contribution in [3.05, 3.63) is 267 Å². The minimum Gasteiger partial charge on any atom is -0.311 e. The van der Waals surface area contributed by atoms with Crippen LogP contribution in [-0.2, 0) is 0 Å². The Morgan fingerprint density at radius 1 is 0.385 bits per heavy atom. The third-order valence-corrected chi connectivity index (χ3v) is 16.5. The molecule has 3 heterocycles. The third-order valence-electron chi connectivity index (χ3n) is 12.8. The Morgan fingerprint density at radius 2 is 0.754 bits per heavy atom. The first-order chi connectivity index (χ1) is 32.1. The quantitative estimate of drug-likeness (QED) is 0.164. The van der Waals surface area contributed by atoms with Crippen molar-refractivity contribution in [2.45, 2.75) is 37.8 Å². The van der Waals surface area contributed by atoms with Gasteiger partial charge in [-0.15, -0.1) is 0 Å². The van der Waals surface area contributed by atoms with Crippen molar-refractivity contribution in [2.24, 2.45) is 5.92 Å². The summed E-state index contributed by atoms with van der Waals surface area (Å²) in [5.74, 6) is 0.504. The molecule has 1 nitrogen and oxygen atoms in total. The highest BCUT2D eigenvalue weighted by Gasteiger charge is 2.25. The Labute approximate surface area is 394 Å². The molecule has 0 saturated heterocycles. The van der Waals surface area contributed by atoms with E-state index in [1.54, 1.807) is 0 Å². The zero-order valence-corrected chi connectivity index (χ0v) is 38.3. The molecule has 0 saturated carbocycles. The lowest BCUT2D eigenvalue weighted by atomic mass is 9.92. The van der Waals surface area contributed by atoms with Crippen LogP contribution in [0.2, 0.25) is 0 Å². The highest BCUT2D eigenvalue weighted by Crippen LogP contribution is 2.48. The molecule has 1 unspecified atom stereocenters. The van der Waals surface area contributed by atoms with Gasteiger partial charge < -0.3 is 4.90 Å². The van der Waals surface area contributed by atoms with E-state index in [4.69, 9.17) is 0 Å². The second-order valence-electron chi connectivity index (χ2n) is 16.9. The molecule has 4 aliphatic rings. The normalized spacial score (nSPS) is 15.8. The monoisotopic (exact) mass is 885 g/mol. The van der Waals surface area contributed by atoms with E-state index in [0.717, 1.165) is 23.5 Å². The van der Waals surface area contributed by atoms with Crippen molar-refractivity contribution < 1.29 is 0 Å². The molecular formula is C61H43NS3. The molecule has 310 valence electrons. The van der Waals surface area contributed by atoms with Gasteiger partial charge in [-0.05, 0) is 164 Å². The molecule has 0 amide bonds. The molecule has 8 aromatic rings. The minimum atomic E-state index is 0.504. The topological polar surface area (TPSA) is 3.24 Å². The van der Waals surface area contributed by atoms with Crippen LogP contribution < -0.4 is 4.90 Å². The first-order valence-electron chi connectivity index (χ1n) is 22.3. The highest BCUT2D eigenvalue weighted by molar-refractivity contribution is 8.03. The lowest BCUT2D eigenvalue weighted by molar-refractivity contribution is 0.719. The number of thioether (sulfide) groups is 1. The van der Waals surface area contributed by atoms with Crippen LogP contribution in [-0.4, -0.2) is 0 Å². The van der Waals surface area contributed by atoms with Crippen LogP contribution in [0, 0.1) is 5.92 Å². The molecular weight excluding hydrogens is 843 g/mol. The van der Waals surface area contributed by atoms with Crippen LogP contribution in [0.1, 0.15) is 57.9 Å². The van der Waals surface area contributed by atoms with Crippen molar-refractivity contribution in [1.82, 2.24) is 0 Å². The molecule has 0 spiro atoms. The zero-order valence-electron chi connectivity index (χ0n) is 35.8. The maximum atomic E-state index is 2.42. The second kappa shape index (κ2) is 17.0. The van der Waals surface area contributed by atoms with Crippen LogP contribution >= 0.6 is 35.3 Å². The van der Waals surface area contributed by atoms with E-state index in [1.165, 1.54) is 96.2 Å². The molecule has 4 heteroatoms. The molecule has 1 atom stereocenters. The van der Waals surface area contributed by atoms with Crippen molar-refractivity contribution in [3.63, 3.8) is 0 Å². The molecule has 1 aliphatic carbocycles. The number of benzene rings is 8. The SMILES string of the molecule is CC1CC=CC2=C1Sc1ccccc1C(c1ccc(N(c3ccc(C4=Cc5ccccc5Sc5ccccc54)cc3)c3ccc(C4=Cc5ccccc5Sc5ccccc54)cc3)cc1)=C2. The van der Waals surface area contributed by atoms with Crippen LogP contribution in [0.3, 0.4) is 0 Å². The van der Waals surface area contributed by atoms with E-state index in [1.807, 2.05) is 35.3 Å². The summed E-state index contributed by atoms with van der Waals surface area (Å²) in [6, 6.07) is 71.5. The smallest absolute Gasteiger partial charge is 0.0462 e. The number of nitrogens with zero attached hydrogens (tertiary/aromatic N) is 1. The summed E-state index contributed by atoms with van der Waals surface area (Å²) < 4.78 is 0. The second-order valence-corrected chi connectivity index (χ2v) is 20.1. The fourth-order valence-electron chi connectivity index (χ4n) is 9.46. The minimum absolute atomic E-state index is 0.504. The summed E-state index contributed by atoms with van der Waals surface area (Å²) in [5.41, 5.74) is 18.2. The van der Waals surface area contributed by atoms with Gasteiger partial charge in [0.15, 0.2) is 0 Å². The third kappa shape index (κ3) is 7.56. The standard InChI is InChI=1S/C61H43NS3/c1-40-13-12-16-46-39-55(52-19-6-11-24-60(52)65-61(40)46)43-29-35-49(36-30-43)62(47-31-25-41(26-32-47)53-37-44-14-2-7-20-56(44)63-58-22-9-4-17-50(53)58)48-33-27-42(28-34-48)54-38-45-15-3-8-21-57(45)64-59-23-10-5-18-51(54)59/h2-12,14-40H,13H2,1H3. The van der Waals surface area contributed by atoms with Crippen molar-refractivity contribution in [3.8, 4) is 0 Å². The largest absolute Gasteiger partial charge is 0.311 e. The van der Waals surface area contributed by atoms with Gasteiger partial charge in [0.25, 0.3) is 0 Å². The van der Waals surface area contributed by atoms with Crippen molar-refractivity contribution in [2.75, 3.05) is 4.90 Å². The maximum absolute atomic E-state index is 2.42. The van der Waals surface area contributed by atoms with E-state index in [-0.39, 0.29) is 0 Å².